The van der Waals surface area contributed by atoms with E-state index in [2.05, 4.69) is 5.32 Å². The highest BCUT2D eigenvalue weighted by molar-refractivity contribution is 6.32. The zero-order chi connectivity index (χ0) is 20.6. The third-order valence-corrected chi connectivity index (χ3v) is 4.70. The first-order chi connectivity index (χ1) is 14.1. The minimum atomic E-state index is -0.248. The second kappa shape index (κ2) is 9.96. The first-order valence-electron chi connectivity index (χ1n) is 9.21. The number of nitrogens with one attached hydrogen (secondary N) is 1. The lowest BCUT2D eigenvalue weighted by Crippen LogP contribution is -2.19. The predicted molar refractivity (Wildman–Crippen MR) is 118 cm³/mol. The number of rotatable bonds is 8. The fourth-order valence-electron chi connectivity index (χ4n) is 2.92. The number of hydrogen-bond acceptors (Lipinski definition) is 4. The van der Waals surface area contributed by atoms with Gasteiger partial charge < -0.3 is 19.7 Å². The molecule has 3 aromatic carbocycles. The lowest BCUT2D eigenvalue weighted by molar-refractivity contribution is 0.102. The van der Waals surface area contributed by atoms with Gasteiger partial charge in [-0.1, -0.05) is 48.0 Å². The number of amides is 1. The molecule has 0 aliphatic rings. The highest BCUT2D eigenvalue weighted by Crippen LogP contribution is 2.34. The van der Waals surface area contributed by atoms with E-state index in [0.717, 1.165) is 11.4 Å². The molecule has 0 bridgehead atoms. The van der Waals surface area contributed by atoms with Gasteiger partial charge in [0.15, 0.2) is 5.75 Å². The number of hydrogen-bond donors (Lipinski definition) is 1. The number of carbonyl (C=O) groups excluding carboxylic acids is 1. The maximum absolute atomic E-state index is 13.1. The molecule has 0 saturated carbocycles. The highest BCUT2D eigenvalue weighted by atomic mass is 35.5. The Kier molecular flexibility index (Phi) is 7.11. The summed E-state index contributed by atoms with van der Waals surface area (Å²) in [5.41, 5.74) is 2.83. The maximum Gasteiger partial charge on any atom is 0.257 e. The second-order valence-electron chi connectivity index (χ2n) is 6.32. The largest absolute Gasteiger partial charge is 0.487 e. The van der Waals surface area contributed by atoms with Crippen LogP contribution in [0.2, 0.25) is 5.02 Å². The van der Waals surface area contributed by atoms with Crippen LogP contribution in [-0.2, 0) is 4.74 Å². The fourth-order valence-corrected chi connectivity index (χ4v) is 3.15. The molecule has 0 aliphatic heterocycles. The van der Waals surface area contributed by atoms with E-state index in [-0.39, 0.29) is 5.91 Å². The topological polar surface area (TPSA) is 50.8 Å². The van der Waals surface area contributed by atoms with Crippen LogP contribution < -0.4 is 15.0 Å². The van der Waals surface area contributed by atoms with Crippen LogP contribution in [0.3, 0.4) is 0 Å². The Labute approximate surface area is 175 Å². The summed E-state index contributed by atoms with van der Waals surface area (Å²) in [6, 6.07) is 22.6. The molecular formula is C23H23ClN2O3. The van der Waals surface area contributed by atoms with Gasteiger partial charge in [-0.05, 0) is 36.4 Å². The van der Waals surface area contributed by atoms with Crippen LogP contribution in [0.25, 0.3) is 0 Å². The van der Waals surface area contributed by atoms with E-state index in [1.807, 2.05) is 60.5 Å². The fraction of sp³-hybridized carbons (Fsp3) is 0.174. The predicted octanol–water partition coefficient (Wildman–Crippen LogP) is 5.39. The lowest BCUT2D eigenvalue weighted by Gasteiger charge is -2.22. The summed E-state index contributed by atoms with van der Waals surface area (Å²) in [7, 11) is 3.53. The Hall–Kier alpha value is -3.02. The summed E-state index contributed by atoms with van der Waals surface area (Å²) < 4.78 is 10.7. The maximum atomic E-state index is 13.1. The number of ether oxygens (including phenoxy) is 2. The number of methoxy groups -OCH3 is 1. The zero-order valence-electron chi connectivity index (χ0n) is 16.4. The number of para-hydroxylation sites is 3. The summed E-state index contributed by atoms with van der Waals surface area (Å²) in [5.74, 6) is 0.177. The van der Waals surface area contributed by atoms with E-state index in [0.29, 0.717) is 35.2 Å². The van der Waals surface area contributed by atoms with Crippen LogP contribution in [0.15, 0.2) is 72.8 Å². The van der Waals surface area contributed by atoms with Gasteiger partial charge in [-0.3, -0.25) is 4.79 Å². The third kappa shape index (κ3) is 5.08. The van der Waals surface area contributed by atoms with Crippen molar-refractivity contribution in [1.29, 1.82) is 0 Å². The molecule has 0 atom stereocenters. The molecule has 0 heterocycles. The molecule has 0 unspecified atom stereocenters. The summed E-state index contributed by atoms with van der Waals surface area (Å²) in [6.45, 7) is 0.750. The minimum absolute atomic E-state index is 0.248. The lowest BCUT2D eigenvalue weighted by atomic mass is 10.1. The molecule has 1 N–H and O–H groups in total. The molecule has 0 saturated heterocycles. The van der Waals surface area contributed by atoms with Gasteiger partial charge in [-0.2, -0.15) is 0 Å². The second-order valence-corrected chi connectivity index (χ2v) is 6.73. The third-order valence-electron chi connectivity index (χ3n) is 4.40. The van der Waals surface area contributed by atoms with Crippen LogP contribution in [-0.4, -0.2) is 33.3 Å². The van der Waals surface area contributed by atoms with Gasteiger partial charge in [0.1, 0.15) is 6.61 Å². The van der Waals surface area contributed by atoms with Crippen molar-refractivity contribution in [2.45, 2.75) is 0 Å². The van der Waals surface area contributed by atoms with Gasteiger partial charge in [0, 0.05) is 19.8 Å². The van der Waals surface area contributed by atoms with Gasteiger partial charge in [0.2, 0.25) is 0 Å². The van der Waals surface area contributed by atoms with E-state index in [1.54, 1.807) is 31.4 Å². The molecule has 3 aromatic rings. The Morgan fingerprint density at radius 2 is 1.69 bits per heavy atom. The van der Waals surface area contributed by atoms with Gasteiger partial charge in [-0.15, -0.1) is 0 Å². The van der Waals surface area contributed by atoms with Crippen molar-refractivity contribution in [2.75, 3.05) is 37.6 Å². The van der Waals surface area contributed by atoms with E-state index >= 15 is 0 Å². The molecule has 0 radical (unpaired) electrons. The quantitative estimate of drug-likeness (QED) is 0.506. The summed E-state index contributed by atoms with van der Waals surface area (Å²) in [5, 5.41) is 3.35. The smallest absolute Gasteiger partial charge is 0.257 e. The summed E-state index contributed by atoms with van der Waals surface area (Å²) >= 11 is 6.27. The molecule has 6 heteroatoms. The number of nitrogens with zero attached hydrogens (tertiary/aromatic N) is 1. The van der Waals surface area contributed by atoms with Crippen LogP contribution >= 0.6 is 11.6 Å². The van der Waals surface area contributed by atoms with Gasteiger partial charge in [0.25, 0.3) is 5.91 Å². The van der Waals surface area contributed by atoms with Crippen LogP contribution in [0.5, 0.6) is 5.75 Å². The molecule has 3 rings (SSSR count). The molecule has 1 amide bonds. The van der Waals surface area contributed by atoms with Gasteiger partial charge >= 0.3 is 0 Å². The Balaban J connectivity index is 1.87. The highest BCUT2D eigenvalue weighted by Gasteiger charge is 2.17. The standard InChI is InChI=1S/C23H23ClN2O3/c1-26(17-9-4-3-5-10-17)21-14-7-6-11-18(21)23(27)25-20-13-8-12-19(24)22(20)29-16-15-28-2/h3-14H,15-16H2,1-2H3,(H,25,27). The average molecular weight is 411 g/mol. The van der Waals surface area contributed by atoms with Crippen molar-refractivity contribution in [3.05, 3.63) is 83.4 Å². The number of halogens is 1. The molecule has 0 aromatic heterocycles. The van der Waals surface area contributed by atoms with Crippen molar-refractivity contribution in [1.82, 2.24) is 0 Å². The average Bonchev–Trinajstić information content (AvgIpc) is 2.76. The van der Waals surface area contributed by atoms with Crippen molar-refractivity contribution in [2.24, 2.45) is 0 Å². The molecule has 150 valence electrons. The number of carbonyl (C=O) groups is 1. The molecule has 0 fully saturated rings. The van der Waals surface area contributed by atoms with Crippen molar-refractivity contribution >= 4 is 34.6 Å². The molecule has 0 aliphatic carbocycles. The molecule has 0 spiro atoms. The molecule has 5 nitrogen and oxygen atoms in total. The zero-order valence-corrected chi connectivity index (χ0v) is 17.1. The number of anilines is 3. The van der Waals surface area contributed by atoms with Crippen molar-refractivity contribution in [3.63, 3.8) is 0 Å². The Morgan fingerprint density at radius 1 is 0.966 bits per heavy atom. The summed E-state index contributed by atoms with van der Waals surface area (Å²) in [6.07, 6.45) is 0. The SMILES string of the molecule is COCCOc1c(Cl)cccc1NC(=O)c1ccccc1N(C)c1ccccc1. The van der Waals surface area contributed by atoms with Crippen LogP contribution in [0.4, 0.5) is 17.1 Å². The normalized spacial score (nSPS) is 10.4. The van der Waals surface area contributed by atoms with E-state index < -0.39 is 0 Å². The molecular weight excluding hydrogens is 388 g/mol. The van der Waals surface area contributed by atoms with Crippen LogP contribution in [0, 0.1) is 0 Å². The van der Waals surface area contributed by atoms with E-state index in [9.17, 15) is 4.79 Å². The van der Waals surface area contributed by atoms with Crippen molar-refractivity contribution in [3.8, 4) is 5.75 Å². The van der Waals surface area contributed by atoms with Crippen LogP contribution in [0.1, 0.15) is 10.4 Å². The van der Waals surface area contributed by atoms with E-state index in [4.69, 9.17) is 21.1 Å². The Morgan fingerprint density at radius 3 is 2.45 bits per heavy atom. The Bertz CT molecular complexity index is 963. The first-order valence-corrected chi connectivity index (χ1v) is 9.59. The monoisotopic (exact) mass is 410 g/mol. The van der Waals surface area contributed by atoms with Gasteiger partial charge in [-0.25, -0.2) is 0 Å². The van der Waals surface area contributed by atoms with Gasteiger partial charge in [0.05, 0.1) is 28.6 Å². The number of benzene rings is 3. The van der Waals surface area contributed by atoms with Crippen molar-refractivity contribution < 1.29 is 14.3 Å². The first kappa shape index (κ1) is 20.7. The minimum Gasteiger partial charge on any atom is -0.487 e. The van der Waals surface area contributed by atoms with E-state index in [1.165, 1.54) is 0 Å². The molecule has 29 heavy (non-hydrogen) atoms. The summed E-state index contributed by atoms with van der Waals surface area (Å²) in [4.78, 5) is 15.1.